The lowest BCUT2D eigenvalue weighted by molar-refractivity contribution is 0.0497. The molecule has 0 saturated carbocycles. The van der Waals surface area contributed by atoms with Crippen molar-refractivity contribution in [2.45, 2.75) is 39.2 Å². The van der Waals surface area contributed by atoms with E-state index in [1.807, 2.05) is 78.9 Å². The van der Waals surface area contributed by atoms with Gasteiger partial charge in [-0.15, -0.1) is 0 Å². The number of rotatable bonds is 11. The van der Waals surface area contributed by atoms with Crippen LogP contribution in [0.4, 0.5) is 0 Å². The number of nitriles is 1. The van der Waals surface area contributed by atoms with Crippen LogP contribution in [-0.4, -0.2) is 23.8 Å². The molecule has 1 aromatic heterocycles. The van der Waals surface area contributed by atoms with E-state index in [-0.39, 0.29) is 5.97 Å². The lowest BCUT2D eigenvalue weighted by Gasteiger charge is -2.08. The number of aromatic nitrogens is 1. The van der Waals surface area contributed by atoms with Gasteiger partial charge in [-0.05, 0) is 92.3 Å². The predicted molar refractivity (Wildman–Crippen MR) is 156 cm³/mol. The summed E-state index contributed by atoms with van der Waals surface area (Å²) >= 11 is 0. The second kappa shape index (κ2) is 12.3. The molecule has 0 aliphatic rings. The summed E-state index contributed by atoms with van der Waals surface area (Å²) in [5.74, 6) is 0.582. The van der Waals surface area contributed by atoms with Crippen LogP contribution in [0.2, 0.25) is 0 Å². The van der Waals surface area contributed by atoms with Crippen molar-refractivity contribution in [3.63, 3.8) is 0 Å². The molecule has 0 unspecified atom stereocenters. The van der Waals surface area contributed by atoms with E-state index in [4.69, 9.17) is 14.7 Å². The van der Waals surface area contributed by atoms with E-state index in [1.54, 1.807) is 0 Å². The number of benzene rings is 4. The first-order valence-electron chi connectivity index (χ1n) is 13.6. The topological polar surface area (TPSA) is 64.2 Å². The maximum absolute atomic E-state index is 12.7. The number of hydrogen-bond acceptors (Lipinski definition) is 4. The maximum atomic E-state index is 12.7. The quantitative estimate of drug-likeness (QED) is 0.131. The van der Waals surface area contributed by atoms with E-state index in [0.717, 1.165) is 65.4 Å². The van der Waals surface area contributed by atoms with Crippen LogP contribution in [-0.2, 0) is 11.3 Å². The Morgan fingerprint density at radius 1 is 0.769 bits per heavy atom. The van der Waals surface area contributed by atoms with Crippen LogP contribution in [0.5, 0.6) is 5.75 Å². The van der Waals surface area contributed by atoms with Gasteiger partial charge in [-0.3, -0.25) is 0 Å². The van der Waals surface area contributed by atoms with Gasteiger partial charge in [0.1, 0.15) is 5.75 Å². The first-order valence-corrected chi connectivity index (χ1v) is 13.6. The average molecular weight is 517 g/mol. The van der Waals surface area contributed by atoms with Crippen LogP contribution in [0.25, 0.3) is 32.9 Å². The molecule has 0 radical (unpaired) electrons. The first-order chi connectivity index (χ1) is 19.2. The summed E-state index contributed by atoms with van der Waals surface area (Å²) in [6.07, 6.45) is 3.78. The maximum Gasteiger partial charge on any atom is 0.338 e. The molecule has 5 nitrogen and oxygen atoms in total. The van der Waals surface area contributed by atoms with Crippen molar-refractivity contribution in [2.75, 3.05) is 13.2 Å². The molecule has 196 valence electrons. The van der Waals surface area contributed by atoms with Crippen molar-refractivity contribution in [1.29, 1.82) is 5.26 Å². The largest absolute Gasteiger partial charge is 0.494 e. The number of nitrogens with zero attached hydrogens (tertiary/aromatic N) is 2. The van der Waals surface area contributed by atoms with E-state index in [9.17, 15) is 4.79 Å². The van der Waals surface area contributed by atoms with E-state index in [2.05, 4.69) is 29.7 Å². The van der Waals surface area contributed by atoms with E-state index in [1.165, 1.54) is 5.52 Å². The number of aryl methyl sites for hydroxylation is 1. The summed E-state index contributed by atoms with van der Waals surface area (Å²) in [4.78, 5) is 12.7. The molecule has 0 saturated heterocycles. The highest BCUT2D eigenvalue weighted by Crippen LogP contribution is 2.30. The number of carbonyl (C=O) groups is 1. The highest BCUT2D eigenvalue weighted by Gasteiger charge is 2.13. The Morgan fingerprint density at radius 2 is 1.44 bits per heavy atom. The van der Waals surface area contributed by atoms with Gasteiger partial charge in [-0.1, -0.05) is 42.5 Å². The number of unbranched alkanes of at least 4 members (excludes halogenated alkanes) is 3. The highest BCUT2D eigenvalue weighted by molar-refractivity contribution is 6.10. The van der Waals surface area contributed by atoms with Crippen LogP contribution in [0.1, 0.15) is 48.5 Å². The summed E-state index contributed by atoms with van der Waals surface area (Å²) in [6.45, 7) is 4.09. The zero-order valence-electron chi connectivity index (χ0n) is 22.2. The smallest absolute Gasteiger partial charge is 0.338 e. The van der Waals surface area contributed by atoms with Crippen molar-refractivity contribution in [3.05, 3.63) is 102 Å². The summed E-state index contributed by atoms with van der Waals surface area (Å²) < 4.78 is 13.7. The molecule has 0 spiro atoms. The molecule has 0 fully saturated rings. The Balaban J connectivity index is 1.02. The third-order valence-electron chi connectivity index (χ3n) is 7.07. The molecule has 0 bridgehead atoms. The molecule has 5 heteroatoms. The van der Waals surface area contributed by atoms with Gasteiger partial charge in [0.15, 0.2) is 0 Å². The van der Waals surface area contributed by atoms with Crippen molar-refractivity contribution in [3.8, 4) is 22.9 Å². The third-order valence-corrected chi connectivity index (χ3v) is 7.07. The van der Waals surface area contributed by atoms with Crippen molar-refractivity contribution < 1.29 is 14.3 Å². The molecule has 39 heavy (non-hydrogen) atoms. The van der Waals surface area contributed by atoms with Gasteiger partial charge >= 0.3 is 5.97 Å². The first kappa shape index (κ1) is 26.1. The van der Waals surface area contributed by atoms with Crippen LogP contribution >= 0.6 is 0 Å². The molecule has 0 aliphatic heterocycles. The number of para-hydroxylation sites is 1. The van der Waals surface area contributed by atoms with E-state index < -0.39 is 0 Å². The van der Waals surface area contributed by atoms with Gasteiger partial charge in [0, 0.05) is 28.4 Å². The van der Waals surface area contributed by atoms with E-state index >= 15 is 0 Å². The number of carbonyl (C=O) groups excluding carboxylic acids is 1. The average Bonchev–Trinajstić information content (AvgIpc) is 3.31. The molecule has 5 aromatic rings. The zero-order valence-corrected chi connectivity index (χ0v) is 22.2. The summed E-state index contributed by atoms with van der Waals surface area (Å²) in [5.41, 5.74) is 5.75. The molecular formula is C34H32N2O3. The van der Waals surface area contributed by atoms with Crippen LogP contribution in [0.3, 0.4) is 0 Å². The summed E-state index contributed by atoms with van der Waals surface area (Å²) in [6, 6.07) is 31.9. The standard InChI is InChI=1S/C34H32N2O3/c1-2-36-32-10-6-5-9-30(32)31-23-28(17-20-33(31)36)34(37)39-22-8-4-3-7-21-38-29-18-15-27(16-19-29)26-13-11-25(24-35)12-14-26/h5-6,9-20,23H,2-4,7-8,21-22H2,1H3. The van der Waals surface area contributed by atoms with Crippen molar-refractivity contribution >= 4 is 27.8 Å². The van der Waals surface area contributed by atoms with Crippen LogP contribution < -0.4 is 4.74 Å². The predicted octanol–water partition coefficient (Wildman–Crippen LogP) is 8.15. The molecule has 4 aromatic carbocycles. The monoisotopic (exact) mass is 516 g/mol. The summed E-state index contributed by atoms with van der Waals surface area (Å²) in [5, 5.41) is 11.2. The second-order valence-corrected chi connectivity index (χ2v) is 9.61. The second-order valence-electron chi connectivity index (χ2n) is 9.61. The van der Waals surface area contributed by atoms with Gasteiger partial charge in [-0.25, -0.2) is 4.79 Å². The number of hydrogen-bond donors (Lipinski definition) is 0. The number of esters is 1. The van der Waals surface area contributed by atoms with Gasteiger partial charge in [0.2, 0.25) is 0 Å². The number of ether oxygens (including phenoxy) is 2. The Hall–Kier alpha value is -4.56. The lowest BCUT2D eigenvalue weighted by atomic mass is 10.0. The minimum Gasteiger partial charge on any atom is -0.494 e. The fourth-order valence-corrected chi connectivity index (χ4v) is 5.00. The highest BCUT2D eigenvalue weighted by atomic mass is 16.5. The van der Waals surface area contributed by atoms with Crippen LogP contribution in [0, 0.1) is 11.3 Å². The molecule has 5 rings (SSSR count). The Morgan fingerprint density at radius 3 is 2.15 bits per heavy atom. The SMILES string of the molecule is CCn1c2ccccc2c2cc(C(=O)OCCCCCCOc3ccc(-c4ccc(C#N)cc4)cc3)ccc21. The fourth-order valence-electron chi connectivity index (χ4n) is 5.00. The van der Waals surface area contributed by atoms with Gasteiger partial charge in [-0.2, -0.15) is 5.26 Å². The van der Waals surface area contributed by atoms with Crippen LogP contribution in [0.15, 0.2) is 91.0 Å². The molecule has 1 heterocycles. The minimum atomic E-state index is -0.266. The Labute approximate surface area is 229 Å². The van der Waals surface area contributed by atoms with Crippen molar-refractivity contribution in [1.82, 2.24) is 4.57 Å². The zero-order chi connectivity index (χ0) is 27.0. The lowest BCUT2D eigenvalue weighted by Crippen LogP contribution is -2.06. The normalized spacial score (nSPS) is 11.0. The third kappa shape index (κ3) is 5.97. The minimum absolute atomic E-state index is 0.266. The summed E-state index contributed by atoms with van der Waals surface area (Å²) in [7, 11) is 0. The number of fused-ring (bicyclic) bond motifs is 3. The Bertz CT molecular complexity index is 1610. The molecular weight excluding hydrogens is 484 g/mol. The van der Waals surface area contributed by atoms with Gasteiger partial charge in [0.05, 0.1) is 30.4 Å². The van der Waals surface area contributed by atoms with Gasteiger partial charge < -0.3 is 14.0 Å². The molecule has 0 N–H and O–H groups in total. The Kier molecular flexibility index (Phi) is 8.23. The van der Waals surface area contributed by atoms with Gasteiger partial charge in [0.25, 0.3) is 0 Å². The fraction of sp³-hybridized carbons (Fsp3) is 0.235. The molecule has 0 atom stereocenters. The molecule has 0 aliphatic carbocycles. The molecule has 0 amide bonds. The van der Waals surface area contributed by atoms with Crippen molar-refractivity contribution in [2.24, 2.45) is 0 Å². The van der Waals surface area contributed by atoms with E-state index in [0.29, 0.717) is 24.3 Å².